The lowest BCUT2D eigenvalue weighted by atomic mass is 10.4. The average Bonchev–Trinajstić information content (AvgIpc) is 2.44. The second-order valence-electron chi connectivity index (χ2n) is 3.60. The van der Waals surface area contributed by atoms with E-state index in [0.717, 1.165) is 0 Å². The molecule has 0 aliphatic heterocycles. The molecule has 0 aliphatic carbocycles. The van der Waals surface area contributed by atoms with Gasteiger partial charge in [0.15, 0.2) is 6.61 Å². The first kappa shape index (κ1) is 16.7. The number of nitrogen functional groups attached to an aromatic ring is 1. The van der Waals surface area contributed by atoms with Crippen LogP contribution in [0.25, 0.3) is 0 Å². The summed E-state index contributed by atoms with van der Waals surface area (Å²) < 4.78 is 28.0. The Labute approximate surface area is 124 Å². The van der Waals surface area contributed by atoms with Gasteiger partial charge < -0.3 is 19.9 Å². The molecule has 112 valence electrons. The number of halogens is 3. The van der Waals surface area contributed by atoms with E-state index in [4.69, 9.17) is 43.1 Å². The molecule has 0 aromatic carbocycles. The Morgan fingerprint density at radius 3 is 2.65 bits per heavy atom. The molecule has 1 atom stereocenters. The molecule has 0 saturated heterocycles. The number of carbonyl (C=O) groups is 1. The van der Waals surface area contributed by atoms with Crippen LogP contribution in [-0.4, -0.2) is 31.0 Å². The second kappa shape index (κ2) is 7.47. The molecule has 0 amide bonds. The molecule has 1 unspecified atom stereocenters. The topological polar surface area (TPSA) is 83.7 Å². The second-order valence-corrected chi connectivity index (χ2v) is 4.36. The molecule has 20 heavy (non-hydrogen) atoms. The maximum atomic E-state index is 13.3. The van der Waals surface area contributed by atoms with Crippen molar-refractivity contribution in [3.8, 4) is 5.88 Å². The van der Waals surface area contributed by atoms with Crippen molar-refractivity contribution in [2.24, 2.45) is 0 Å². The number of nitrogens with zero attached hydrogens (tertiary/aromatic N) is 1. The SMILES string of the molecule is CCC(OC)OC(=O)COc1nc(F)c(Cl)c(N)c1Cl. The summed E-state index contributed by atoms with van der Waals surface area (Å²) in [5.41, 5.74) is 5.24. The first-order valence-corrected chi connectivity index (χ1v) is 6.31. The summed E-state index contributed by atoms with van der Waals surface area (Å²) in [5, 5.41) is -0.585. The van der Waals surface area contributed by atoms with Crippen LogP contribution < -0.4 is 10.5 Å². The Morgan fingerprint density at radius 2 is 2.10 bits per heavy atom. The molecule has 1 heterocycles. The van der Waals surface area contributed by atoms with Crippen LogP contribution in [0.4, 0.5) is 10.1 Å². The first-order chi connectivity index (χ1) is 9.40. The van der Waals surface area contributed by atoms with Gasteiger partial charge in [0.05, 0.1) is 5.69 Å². The van der Waals surface area contributed by atoms with E-state index in [1.807, 2.05) is 0 Å². The number of hydrogen-bond acceptors (Lipinski definition) is 6. The number of methoxy groups -OCH3 is 1. The van der Waals surface area contributed by atoms with Gasteiger partial charge in [-0.25, -0.2) is 4.79 Å². The fourth-order valence-corrected chi connectivity index (χ4v) is 1.59. The third-order valence-electron chi connectivity index (χ3n) is 2.23. The molecule has 1 aromatic heterocycles. The number of carbonyl (C=O) groups excluding carboxylic acids is 1. The number of rotatable bonds is 6. The van der Waals surface area contributed by atoms with Gasteiger partial charge >= 0.3 is 5.97 Å². The van der Waals surface area contributed by atoms with Crippen molar-refractivity contribution in [3.63, 3.8) is 0 Å². The van der Waals surface area contributed by atoms with Crippen LogP contribution in [0, 0.1) is 5.95 Å². The molecule has 6 nitrogen and oxygen atoms in total. The van der Waals surface area contributed by atoms with E-state index in [9.17, 15) is 9.18 Å². The normalized spacial score (nSPS) is 12.1. The first-order valence-electron chi connectivity index (χ1n) is 5.55. The number of hydrogen-bond donors (Lipinski definition) is 1. The van der Waals surface area contributed by atoms with Gasteiger partial charge in [-0.15, -0.1) is 0 Å². The maximum Gasteiger partial charge on any atom is 0.346 e. The molecule has 0 aliphatic rings. The number of esters is 1. The molecular formula is C11H13Cl2FN2O4. The van der Waals surface area contributed by atoms with Crippen LogP contribution in [0.15, 0.2) is 0 Å². The van der Waals surface area contributed by atoms with E-state index < -0.39 is 29.8 Å². The van der Waals surface area contributed by atoms with Gasteiger partial charge in [-0.2, -0.15) is 9.37 Å². The van der Waals surface area contributed by atoms with Gasteiger partial charge in [0.25, 0.3) is 0 Å². The predicted molar refractivity (Wildman–Crippen MR) is 71.3 cm³/mol. The van der Waals surface area contributed by atoms with Crippen LogP contribution >= 0.6 is 23.2 Å². The van der Waals surface area contributed by atoms with Crippen LogP contribution in [-0.2, 0) is 14.3 Å². The zero-order chi connectivity index (χ0) is 15.3. The molecule has 2 N–H and O–H groups in total. The highest BCUT2D eigenvalue weighted by Gasteiger charge is 2.18. The summed E-state index contributed by atoms with van der Waals surface area (Å²) in [6, 6.07) is 0. The minimum absolute atomic E-state index is 0.178. The van der Waals surface area contributed by atoms with Crippen molar-refractivity contribution in [2.45, 2.75) is 19.6 Å². The van der Waals surface area contributed by atoms with Crippen molar-refractivity contribution in [1.82, 2.24) is 4.98 Å². The minimum Gasteiger partial charge on any atom is -0.464 e. The highest BCUT2D eigenvalue weighted by Crippen LogP contribution is 2.35. The number of anilines is 1. The van der Waals surface area contributed by atoms with E-state index in [-0.39, 0.29) is 16.6 Å². The molecule has 0 bridgehead atoms. The summed E-state index contributed by atoms with van der Waals surface area (Å²) in [6.07, 6.45) is -0.203. The highest BCUT2D eigenvalue weighted by molar-refractivity contribution is 6.39. The predicted octanol–water partition coefficient (Wildman–Crippen LogP) is 2.41. The molecule has 1 aromatic rings. The molecule has 0 radical (unpaired) electrons. The van der Waals surface area contributed by atoms with E-state index in [2.05, 4.69) is 4.98 Å². The van der Waals surface area contributed by atoms with Crippen molar-refractivity contribution in [2.75, 3.05) is 19.5 Å². The lowest BCUT2D eigenvalue weighted by molar-refractivity contribution is -0.176. The quantitative estimate of drug-likeness (QED) is 0.491. The lowest BCUT2D eigenvalue weighted by Gasteiger charge is -2.14. The van der Waals surface area contributed by atoms with Gasteiger partial charge in [0.2, 0.25) is 18.1 Å². The van der Waals surface area contributed by atoms with Gasteiger partial charge in [-0.1, -0.05) is 30.1 Å². The zero-order valence-electron chi connectivity index (χ0n) is 10.8. The third-order valence-corrected chi connectivity index (χ3v) is 2.95. The Balaban J connectivity index is 2.69. The van der Waals surface area contributed by atoms with E-state index >= 15 is 0 Å². The van der Waals surface area contributed by atoms with E-state index in [1.54, 1.807) is 6.92 Å². The Hall–Kier alpha value is -1.31. The van der Waals surface area contributed by atoms with E-state index in [1.165, 1.54) is 7.11 Å². The van der Waals surface area contributed by atoms with Crippen molar-refractivity contribution >= 4 is 34.9 Å². The van der Waals surface area contributed by atoms with Crippen LogP contribution in [0.5, 0.6) is 5.88 Å². The monoisotopic (exact) mass is 326 g/mol. The molecule has 0 spiro atoms. The lowest BCUT2D eigenvalue weighted by Crippen LogP contribution is -2.24. The maximum absolute atomic E-state index is 13.3. The van der Waals surface area contributed by atoms with Gasteiger partial charge in [-0.3, -0.25) is 0 Å². The average molecular weight is 327 g/mol. The Kier molecular flexibility index (Phi) is 6.25. The molecule has 1 rings (SSSR count). The summed E-state index contributed by atoms with van der Waals surface area (Å²) in [4.78, 5) is 14.8. The van der Waals surface area contributed by atoms with Gasteiger partial charge in [-0.05, 0) is 0 Å². The van der Waals surface area contributed by atoms with E-state index in [0.29, 0.717) is 6.42 Å². The van der Waals surface area contributed by atoms with Crippen molar-refractivity contribution in [3.05, 3.63) is 16.0 Å². The number of pyridine rings is 1. The highest BCUT2D eigenvalue weighted by atomic mass is 35.5. The summed E-state index contributed by atoms with van der Waals surface area (Å²) >= 11 is 11.3. The smallest absolute Gasteiger partial charge is 0.346 e. The van der Waals surface area contributed by atoms with Crippen LogP contribution in [0.2, 0.25) is 10.0 Å². The minimum atomic E-state index is -1.04. The third kappa shape index (κ3) is 4.09. The molecule has 9 heteroatoms. The standard InChI is InChI=1S/C11H13Cl2FN2O4/c1-3-6(18-2)20-5(17)4-19-11-8(13)9(15)7(12)10(14)16-11/h6H,3-4H2,1-2H3,(H2,15,16). The largest absolute Gasteiger partial charge is 0.464 e. The number of aromatic nitrogens is 1. The van der Waals surface area contributed by atoms with Crippen LogP contribution in [0.3, 0.4) is 0 Å². The van der Waals surface area contributed by atoms with Crippen molar-refractivity contribution < 1.29 is 23.4 Å². The summed E-state index contributed by atoms with van der Waals surface area (Å²) in [5.74, 6) is -2.10. The zero-order valence-corrected chi connectivity index (χ0v) is 12.3. The van der Waals surface area contributed by atoms with Gasteiger partial charge in [0.1, 0.15) is 10.0 Å². The number of ether oxygens (including phenoxy) is 3. The molecule has 0 saturated carbocycles. The Morgan fingerprint density at radius 1 is 1.45 bits per heavy atom. The fraction of sp³-hybridized carbons (Fsp3) is 0.455. The van der Waals surface area contributed by atoms with Gasteiger partial charge in [0, 0.05) is 13.5 Å². The molecular weight excluding hydrogens is 314 g/mol. The van der Waals surface area contributed by atoms with Crippen molar-refractivity contribution in [1.29, 1.82) is 0 Å². The Bertz CT molecular complexity index is 498. The summed E-state index contributed by atoms with van der Waals surface area (Å²) in [7, 11) is 1.40. The number of nitrogens with two attached hydrogens (primary N) is 1. The molecule has 0 fully saturated rings. The summed E-state index contributed by atoms with van der Waals surface area (Å²) in [6.45, 7) is 1.25. The van der Waals surface area contributed by atoms with Crippen LogP contribution in [0.1, 0.15) is 13.3 Å². The fourth-order valence-electron chi connectivity index (χ4n) is 1.21.